The maximum atomic E-state index is 14.8. The molecule has 12 nitrogen and oxygen atoms in total. The van der Waals surface area contributed by atoms with Crippen molar-refractivity contribution in [1.29, 1.82) is 5.41 Å². The van der Waals surface area contributed by atoms with Crippen molar-refractivity contribution in [3.63, 3.8) is 0 Å². The smallest absolute Gasteiger partial charge is 0.407 e. The molecule has 6 rings (SSSR count). The van der Waals surface area contributed by atoms with Crippen molar-refractivity contribution in [1.82, 2.24) is 40.1 Å². The standard InChI is InChI=1S/C33H33ClF5N9O3/c1-32(2,3)15-33(20-7-4-17(5-8-20)19-12-42-46(13-19)29(38)39)28(49)47(30(40)45-33)25(14-51-31(50)44-23-11-22(23)35)18-6-9-21(34)24(10-18)48-27(26(36)37)41-16-43-48/h4-10,12-13,16,22-23,25-26,29H,11,14-15H2,1-3H3,(H2,40,45)(H,44,50)/t22-,23-,25+,33+/m0/s1. The maximum absolute atomic E-state index is 14.8. The van der Waals surface area contributed by atoms with Gasteiger partial charge in [0, 0.05) is 18.2 Å². The van der Waals surface area contributed by atoms with Crippen molar-refractivity contribution in [3.8, 4) is 16.8 Å². The minimum Gasteiger partial charge on any atom is -0.447 e. The summed E-state index contributed by atoms with van der Waals surface area (Å²) in [4.78, 5) is 32.2. The lowest BCUT2D eigenvalue weighted by atomic mass is 9.75. The largest absolute Gasteiger partial charge is 0.447 e. The zero-order valence-corrected chi connectivity index (χ0v) is 28.2. The minimum atomic E-state index is -3.00. The molecule has 0 bridgehead atoms. The molecule has 1 aliphatic heterocycles. The Balaban J connectivity index is 1.39. The average Bonchev–Trinajstić information content (AvgIpc) is 3.45. The number of ether oxygens (including phenoxy) is 1. The highest BCUT2D eigenvalue weighted by atomic mass is 35.5. The zero-order valence-electron chi connectivity index (χ0n) is 27.5. The Bertz CT molecular complexity index is 1950. The fourth-order valence-corrected chi connectivity index (χ4v) is 6.34. The molecule has 2 fully saturated rings. The first-order valence-corrected chi connectivity index (χ1v) is 16.1. The van der Waals surface area contributed by atoms with Gasteiger partial charge in [-0.2, -0.15) is 19.0 Å². The predicted octanol–water partition coefficient (Wildman–Crippen LogP) is 6.69. The molecule has 1 saturated carbocycles. The van der Waals surface area contributed by atoms with Crippen LogP contribution >= 0.6 is 11.6 Å². The Kier molecular flexibility index (Phi) is 9.52. The number of rotatable bonds is 11. The number of nitrogens with zero attached hydrogens (tertiary/aromatic N) is 6. The highest BCUT2D eigenvalue weighted by molar-refractivity contribution is 6.32. The summed E-state index contributed by atoms with van der Waals surface area (Å²) in [5, 5.41) is 22.1. The van der Waals surface area contributed by atoms with E-state index in [4.69, 9.17) is 21.7 Å². The second-order valence-electron chi connectivity index (χ2n) is 13.5. The van der Waals surface area contributed by atoms with Crippen LogP contribution in [0.4, 0.5) is 26.7 Å². The number of guanidine groups is 1. The molecule has 2 aromatic heterocycles. The fraction of sp³-hybridized carbons (Fsp3) is 0.394. The summed E-state index contributed by atoms with van der Waals surface area (Å²) in [7, 11) is 0. The first kappa shape index (κ1) is 35.8. The van der Waals surface area contributed by atoms with E-state index in [1.807, 2.05) is 20.8 Å². The Morgan fingerprint density at radius 1 is 1.14 bits per heavy atom. The summed E-state index contributed by atoms with van der Waals surface area (Å²) in [6.07, 6.45) is -1.42. The zero-order chi connectivity index (χ0) is 36.8. The summed E-state index contributed by atoms with van der Waals surface area (Å²) >= 11 is 6.42. The summed E-state index contributed by atoms with van der Waals surface area (Å²) in [5.74, 6) is -1.63. The number of alkyl carbamates (subject to hydrolysis) is 1. The summed E-state index contributed by atoms with van der Waals surface area (Å²) in [6.45, 7) is 2.39. The van der Waals surface area contributed by atoms with Gasteiger partial charge in [0.05, 0.1) is 29.0 Å². The number of carbonyl (C=O) groups is 2. The molecule has 51 heavy (non-hydrogen) atoms. The van der Waals surface area contributed by atoms with Gasteiger partial charge in [0.2, 0.25) is 0 Å². The van der Waals surface area contributed by atoms with Gasteiger partial charge >= 0.3 is 12.6 Å². The molecule has 3 N–H and O–H groups in total. The summed E-state index contributed by atoms with van der Waals surface area (Å²) in [6, 6.07) is 8.96. The van der Waals surface area contributed by atoms with Crippen molar-refractivity contribution in [2.75, 3.05) is 6.61 Å². The molecule has 0 radical (unpaired) electrons. The van der Waals surface area contributed by atoms with Gasteiger partial charge in [-0.1, -0.05) is 62.7 Å². The predicted molar refractivity (Wildman–Crippen MR) is 174 cm³/mol. The molecule has 2 amide bonds. The number of alkyl halides is 5. The van der Waals surface area contributed by atoms with Crippen molar-refractivity contribution < 1.29 is 36.3 Å². The first-order chi connectivity index (χ1) is 24.1. The van der Waals surface area contributed by atoms with Crippen LogP contribution in [0.1, 0.15) is 69.6 Å². The van der Waals surface area contributed by atoms with Crippen molar-refractivity contribution in [2.45, 2.75) is 70.4 Å². The molecule has 2 aromatic carbocycles. The Morgan fingerprint density at radius 3 is 2.45 bits per heavy atom. The monoisotopic (exact) mass is 733 g/mol. The van der Waals surface area contributed by atoms with Gasteiger partial charge in [0.1, 0.15) is 24.6 Å². The van der Waals surface area contributed by atoms with Crippen LogP contribution in [0.2, 0.25) is 5.02 Å². The molecule has 0 unspecified atom stereocenters. The van der Waals surface area contributed by atoms with Crippen LogP contribution < -0.4 is 10.6 Å². The maximum Gasteiger partial charge on any atom is 0.407 e. The third-order valence-corrected chi connectivity index (χ3v) is 8.84. The van der Waals surface area contributed by atoms with Crippen LogP contribution in [0.15, 0.2) is 61.2 Å². The molecule has 2 aliphatic rings. The van der Waals surface area contributed by atoms with E-state index >= 15 is 0 Å². The molecule has 4 atom stereocenters. The van der Waals surface area contributed by atoms with Crippen LogP contribution in [-0.4, -0.2) is 66.2 Å². The van der Waals surface area contributed by atoms with Gasteiger partial charge in [-0.3, -0.25) is 15.1 Å². The normalized spacial score (nSPS) is 21.0. The SMILES string of the molecule is CC(C)(C)C[C@]1(c2ccc(-c3cnn(C(F)F)c3)cc2)NC(=N)N([C@H](COC(=O)N[C@H]2C[C@@H]2F)c2ccc(Cl)c(-n3ncnc3C(F)F)c2)C1=O. The minimum absolute atomic E-state index is 0.00693. The lowest BCUT2D eigenvalue weighted by Gasteiger charge is -2.35. The third-order valence-electron chi connectivity index (χ3n) is 8.52. The van der Waals surface area contributed by atoms with E-state index in [0.717, 1.165) is 15.9 Å². The number of hydrogen-bond acceptors (Lipinski definition) is 7. The summed E-state index contributed by atoms with van der Waals surface area (Å²) < 4.78 is 74.2. The third kappa shape index (κ3) is 7.25. The number of amides is 2. The van der Waals surface area contributed by atoms with Crippen LogP contribution in [0.3, 0.4) is 0 Å². The Morgan fingerprint density at radius 2 is 1.84 bits per heavy atom. The van der Waals surface area contributed by atoms with Crippen LogP contribution in [0, 0.1) is 10.8 Å². The van der Waals surface area contributed by atoms with Gasteiger partial charge in [0.25, 0.3) is 12.3 Å². The molecule has 3 heterocycles. The van der Waals surface area contributed by atoms with E-state index in [1.165, 1.54) is 30.6 Å². The van der Waals surface area contributed by atoms with Crippen molar-refractivity contribution in [3.05, 3.63) is 83.2 Å². The lowest BCUT2D eigenvalue weighted by Crippen LogP contribution is -2.47. The number of benzene rings is 2. The first-order valence-electron chi connectivity index (χ1n) is 15.8. The van der Waals surface area contributed by atoms with Crippen LogP contribution in [0.5, 0.6) is 0 Å². The van der Waals surface area contributed by atoms with Gasteiger partial charge < -0.3 is 15.4 Å². The van der Waals surface area contributed by atoms with E-state index in [9.17, 15) is 31.5 Å². The average molecular weight is 734 g/mol. The second-order valence-corrected chi connectivity index (χ2v) is 13.9. The van der Waals surface area contributed by atoms with Crippen LogP contribution in [-0.2, 0) is 15.1 Å². The quantitative estimate of drug-likeness (QED) is 0.146. The Labute approximate surface area is 293 Å². The molecule has 18 heteroatoms. The van der Waals surface area contributed by atoms with Crippen molar-refractivity contribution >= 4 is 29.6 Å². The summed E-state index contributed by atoms with van der Waals surface area (Å²) in [5.41, 5.74) is -0.350. The van der Waals surface area contributed by atoms with Gasteiger partial charge in [-0.25, -0.2) is 32.3 Å². The number of carbonyl (C=O) groups excluding carboxylic acids is 2. The topological polar surface area (TPSA) is 143 Å². The highest BCUT2D eigenvalue weighted by Crippen LogP contribution is 2.43. The molecule has 4 aromatic rings. The lowest BCUT2D eigenvalue weighted by molar-refractivity contribution is -0.134. The number of halogens is 6. The molecule has 270 valence electrons. The van der Waals surface area contributed by atoms with Gasteiger partial charge in [-0.05, 0) is 40.7 Å². The number of hydrogen-bond donors (Lipinski definition) is 3. The number of nitrogens with one attached hydrogen (secondary N) is 3. The van der Waals surface area contributed by atoms with E-state index in [2.05, 4.69) is 25.8 Å². The van der Waals surface area contributed by atoms with Gasteiger partial charge in [-0.15, -0.1) is 0 Å². The van der Waals surface area contributed by atoms with Crippen molar-refractivity contribution in [2.24, 2.45) is 5.41 Å². The molecular formula is C33H33ClF5N9O3. The Hall–Kier alpha value is -5.06. The van der Waals surface area contributed by atoms with E-state index in [-0.39, 0.29) is 35.1 Å². The second kappa shape index (κ2) is 13.6. The highest BCUT2D eigenvalue weighted by Gasteiger charge is 2.54. The molecule has 0 spiro atoms. The van der Waals surface area contributed by atoms with E-state index in [0.29, 0.717) is 21.4 Å². The van der Waals surface area contributed by atoms with Crippen LogP contribution in [0.25, 0.3) is 16.8 Å². The van der Waals surface area contributed by atoms with E-state index in [1.54, 1.807) is 24.3 Å². The number of aromatic nitrogens is 5. The molecule has 1 aliphatic carbocycles. The van der Waals surface area contributed by atoms with E-state index < -0.39 is 66.6 Å². The van der Waals surface area contributed by atoms with Gasteiger partial charge in [0.15, 0.2) is 11.8 Å². The molecular weight excluding hydrogens is 701 g/mol. The molecule has 1 saturated heterocycles. The fourth-order valence-electron chi connectivity index (χ4n) is 6.14.